The lowest BCUT2D eigenvalue weighted by atomic mass is 10.1. The summed E-state index contributed by atoms with van der Waals surface area (Å²) in [6.07, 6.45) is -4.25. The number of amides is 1. The average Bonchev–Trinajstić information content (AvgIpc) is 3.20. The van der Waals surface area contributed by atoms with Gasteiger partial charge in [-0.1, -0.05) is 24.3 Å². The maximum atomic E-state index is 13.6. The molecule has 1 N–H and O–H groups in total. The highest BCUT2D eigenvalue weighted by Crippen LogP contribution is 2.40. The number of para-hydroxylation sites is 1. The molecular weight excluding hydrogens is 427 g/mol. The summed E-state index contributed by atoms with van der Waals surface area (Å²) in [4.78, 5) is 17.8. The van der Waals surface area contributed by atoms with E-state index in [4.69, 9.17) is 4.74 Å². The van der Waals surface area contributed by atoms with Gasteiger partial charge >= 0.3 is 6.18 Å². The molecule has 3 rings (SSSR count). The summed E-state index contributed by atoms with van der Waals surface area (Å²) in [6.45, 7) is 0.203. The normalized spacial score (nSPS) is 11.3. The van der Waals surface area contributed by atoms with Crippen molar-refractivity contribution in [2.75, 3.05) is 32.6 Å². The van der Waals surface area contributed by atoms with Gasteiger partial charge in [0.25, 0.3) is 5.91 Å². The van der Waals surface area contributed by atoms with Crippen molar-refractivity contribution in [3.05, 3.63) is 64.7 Å². The van der Waals surface area contributed by atoms with Crippen molar-refractivity contribution in [2.24, 2.45) is 0 Å². The minimum absolute atomic E-state index is 0.0774. The van der Waals surface area contributed by atoms with Gasteiger partial charge in [0.15, 0.2) is 5.69 Å². The molecule has 0 bridgehead atoms. The minimum Gasteiger partial charge on any atom is -0.496 e. The summed E-state index contributed by atoms with van der Waals surface area (Å²) in [5, 5.41) is 2.67. The van der Waals surface area contributed by atoms with Gasteiger partial charge in [0.05, 0.1) is 12.7 Å². The van der Waals surface area contributed by atoms with Gasteiger partial charge in [-0.3, -0.25) is 4.79 Å². The van der Waals surface area contributed by atoms with E-state index in [0.717, 1.165) is 11.3 Å². The summed E-state index contributed by atoms with van der Waals surface area (Å²) in [5.74, 6) is -0.410. The Labute approximate surface area is 182 Å². The van der Waals surface area contributed by atoms with Crippen LogP contribution >= 0.6 is 11.3 Å². The van der Waals surface area contributed by atoms with E-state index in [9.17, 15) is 18.0 Å². The smallest absolute Gasteiger partial charge is 0.435 e. The summed E-state index contributed by atoms with van der Waals surface area (Å²) in [7, 11) is 5.27. The molecular formula is C22H22F3N3O2S. The van der Waals surface area contributed by atoms with Crippen LogP contribution < -0.4 is 15.0 Å². The van der Waals surface area contributed by atoms with Crippen molar-refractivity contribution in [1.82, 2.24) is 10.3 Å². The number of nitrogens with zero attached hydrogens (tertiary/aromatic N) is 2. The molecule has 31 heavy (non-hydrogen) atoms. The summed E-state index contributed by atoms with van der Waals surface area (Å²) in [5.41, 5.74) is 1.19. The van der Waals surface area contributed by atoms with Crippen LogP contribution in [0.4, 0.5) is 18.9 Å². The van der Waals surface area contributed by atoms with Crippen LogP contribution in [-0.2, 0) is 12.6 Å². The number of carbonyl (C=O) groups excluding carboxylic acids is 1. The van der Waals surface area contributed by atoms with Gasteiger partial charge in [0, 0.05) is 26.3 Å². The van der Waals surface area contributed by atoms with Crippen LogP contribution in [0.5, 0.6) is 5.75 Å². The fraction of sp³-hybridized carbons (Fsp3) is 0.273. The predicted molar refractivity (Wildman–Crippen MR) is 116 cm³/mol. The average molecular weight is 449 g/mol. The Morgan fingerprint density at radius 2 is 1.90 bits per heavy atom. The highest BCUT2D eigenvalue weighted by atomic mass is 32.1. The Bertz CT molecular complexity index is 1060. The van der Waals surface area contributed by atoms with Crippen LogP contribution in [-0.4, -0.2) is 38.6 Å². The zero-order valence-corrected chi connectivity index (χ0v) is 18.1. The number of rotatable bonds is 7. The number of hydrogen-bond acceptors (Lipinski definition) is 5. The molecule has 0 aliphatic heterocycles. The molecule has 0 saturated heterocycles. The third kappa shape index (κ3) is 5.35. The zero-order valence-electron chi connectivity index (χ0n) is 17.3. The van der Waals surface area contributed by atoms with Crippen molar-refractivity contribution in [2.45, 2.75) is 12.6 Å². The number of aromatic nitrogens is 1. The second-order valence-corrected chi connectivity index (χ2v) is 7.96. The lowest BCUT2D eigenvalue weighted by molar-refractivity contribution is -0.141. The molecule has 1 aromatic heterocycles. The van der Waals surface area contributed by atoms with E-state index in [2.05, 4.69) is 10.3 Å². The number of anilines is 1. The van der Waals surface area contributed by atoms with Crippen LogP contribution in [0.15, 0.2) is 48.5 Å². The lowest BCUT2D eigenvalue weighted by Crippen LogP contribution is -2.27. The third-order valence-electron chi connectivity index (χ3n) is 4.57. The Morgan fingerprint density at radius 3 is 2.58 bits per heavy atom. The fourth-order valence-corrected chi connectivity index (χ4v) is 4.03. The van der Waals surface area contributed by atoms with Gasteiger partial charge in [-0.2, -0.15) is 13.2 Å². The van der Waals surface area contributed by atoms with Gasteiger partial charge in [0.2, 0.25) is 0 Å². The van der Waals surface area contributed by atoms with E-state index < -0.39 is 22.7 Å². The Kier molecular flexibility index (Phi) is 6.84. The first-order valence-electron chi connectivity index (χ1n) is 9.46. The van der Waals surface area contributed by atoms with E-state index in [1.165, 1.54) is 7.11 Å². The van der Waals surface area contributed by atoms with Gasteiger partial charge < -0.3 is 15.0 Å². The molecule has 0 unspecified atom stereocenters. The Hall–Kier alpha value is -3.07. The molecule has 0 aliphatic rings. The summed E-state index contributed by atoms with van der Waals surface area (Å²) in [6, 6.07) is 14.4. The van der Waals surface area contributed by atoms with E-state index in [1.807, 2.05) is 43.3 Å². The van der Waals surface area contributed by atoms with Crippen molar-refractivity contribution >= 4 is 22.9 Å². The van der Waals surface area contributed by atoms with E-state index >= 15 is 0 Å². The first kappa shape index (κ1) is 22.6. The first-order valence-corrected chi connectivity index (χ1v) is 10.3. The van der Waals surface area contributed by atoms with Crippen molar-refractivity contribution in [3.8, 4) is 16.3 Å². The molecule has 0 aliphatic carbocycles. The number of ether oxygens (including phenoxy) is 1. The Balaban J connectivity index is 1.80. The Morgan fingerprint density at radius 1 is 1.16 bits per heavy atom. The molecule has 3 aromatic rings. The SMILES string of the molecule is COc1ccccc1-c1nc(C(F)(F)F)c(C(=O)NCCc2cccc(N(C)C)c2)s1. The number of benzene rings is 2. The highest BCUT2D eigenvalue weighted by Gasteiger charge is 2.40. The molecule has 1 heterocycles. The summed E-state index contributed by atoms with van der Waals surface area (Å²) >= 11 is 0.700. The molecule has 9 heteroatoms. The first-order chi connectivity index (χ1) is 14.7. The molecule has 0 spiro atoms. The lowest BCUT2D eigenvalue weighted by Gasteiger charge is -2.13. The van der Waals surface area contributed by atoms with Gasteiger partial charge in [-0.25, -0.2) is 4.98 Å². The second-order valence-electron chi connectivity index (χ2n) is 6.97. The number of nitrogens with one attached hydrogen (secondary N) is 1. The number of hydrogen-bond donors (Lipinski definition) is 1. The van der Waals surface area contributed by atoms with E-state index in [0.29, 0.717) is 29.1 Å². The highest BCUT2D eigenvalue weighted by molar-refractivity contribution is 7.17. The topological polar surface area (TPSA) is 54.5 Å². The van der Waals surface area contributed by atoms with E-state index in [1.54, 1.807) is 24.3 Å². The van der Waals surface area contributed by atoms with Crippen LogP contribution in [0, 0.1) is 0 Å². The molecule has 1 amide bonds. The molecule has 0 radical (unpaired) electrons. The van der Waals surface area contributed by atoms with Crippen LogP contribution in [0.1, 0.15) is 20.9 Å². The fourth-order valence-electron chi connectivity index (χ4n) is 2.99. The molecule has 164 valence electrons. The third-order valence-corrected chi connectivity index (χ3v) is 5.65. The summed E-state index contributed by atoms with van der Waals surface area (Å²) < 4.78 is 45.9. The molecule has 0 atom stereocenters. The number of thiazole rings is 1. The number of alkyl halides is 3. The number of methoxy groups -OCH3 is 1. The predicted octanol–water partition coefficient (Wildman–Crippen LogP) is 4.88. The molecule has 5 nitrogen and oxygen atoms in total. The van der Waals surface area contributed by atoms with Crippen molar-refractivity contribution in [3.63, 3.8) is 0 Å². The van der Waals surface area contributed by atoms with Crippen LogP contribution in [0.2, 0.25) is 0 Å². The molecule has 0 saturated carbocycles. The molecule has 2 aromatic carbocycles. The van der Waals surface area contributed by atoms with Gasteiger partial charge in [-0.15, -0.1) is 11.3 Å². The molecule has 0 fully saturated rings. The minimum atomic E-state index is -4.75. The standard InChI is InChI=1S/C22H22F3N3O2S/c1-28(2)15-8-6-7-14(13-15)11-12-26-20(29)18-19(22(23,24)25)27-21(31-18)16-9-4-5-10-17(16)30-3/h4-10,13H,11-12H2,1-3H3,(H,26,29). The van der Waals surface area contributed by atoms with Gasteiger partial charge in [0.1, 0.15) is 15.6 Å². The zero-order chi connectivity index (χ0) is 22.6. The van der Waals surface area contributed by atoms with Crippen molar-refractivity contribution in [1.29, 1.82) is 0 Å². The van der Waals surface area contributed by atoms with Crippen LogP contribution in [0.25, 0.3) is 10.6 Å². The largest absolute Gasteiger partial charge is 0.496 e. The maximum Gasteiger partial charge on any atom is 0.435 e. The second kappa shape index (κ2) is 9.38. The number of halogens is 3. The monoisotopic (exact) mass is 449 g/mol. The maximum absolute atomic E-state index is 13.6. The van der Waals surface area contributed by atoms with E-state index in [-0.39, 0.29) is 11.6 Å². The van der Waals surface area contributed by atoms with Gasteiger partial charge in [-0.05, 0) is 36.2 Å². The van der Waals surface area contributed by atoms with Crippen molar-refractivity contribution < 1.29 is 22.7 Å². The van der Waals surface area contributed by atoms with Crippen LogP contribution in [0.3, 0.4) is 0 Å². The number of carbonyl (C=O) groups is 1. The quantitative estimate of drug-likeness (QED) is 0.559.